The monoisotopic (exact) mass is 213 g/mol. The van der Waals surface area contributed by atoms with Gasteiger partial charge in [0.25, 0.3) is 0 Å². The van der Waals surface area contributed by atoms with Crippen molar-refractivity contribution in [3.05, 3.63) is 22.4 Å². The van der Waals surface area contributed by atoms with Gasteiger partial charge in [0.2, 0.25) is 5.91 Å². The quantitative estimate of drug-likeness (QED) is 0.826. The number of thiophene rings is 1. The van der Waals surface area contributed by atoms with Gasteiger partial charge in [-0.15, -0.1) is 11.3 Å². The van der Waals surface area contributed by atoms with Crippen LogP contribution in [0.4, 0.5) is 0 Å². The van der Waals surface area contributed by atoms with Gasteiger partial charge >= 0.3 is 0 Å². The molecule has 1 N–H and O–H groups in total. The first-order valence-electron chi connectivity index (χ1n) is 4.54. The zero-order valence-corrected chi connectivity index (χ0v) is 9.25. The Balaban J connectivity index is 2.35. The molecule has 0 spiro atoms. The molecule has 1 heterocycles. The van der Waals surface area contributed by atoms with E-state index >= 15 is 0 Å². The third-order valence-electron chi connectivity index (χ3n) is 2.15. The number of rotatable bonds is 4. The molecule has 1 aromatic rings. The lowest BCUT2D eigenvalue weighted by Gasteiger charge is -2.16. The van der Waals surface area contributed by atoms with Crippen molar-refractivity contribution in [3.8, 4) is 0 Å². The molecule has 1 aromatic heterocycles. The summed E-state index contributed by atoms with van der Waals surface area (Å²) in [5, 5.41) is 11.7. The van der Waals surface area contributed by atoms with Gasteiger partial charge in [-0.3, -0.25) is 4.79 Å². The molecular weight excluding hydrogens is 198 g/mol. The highest BCUT2D eigenvalue weighted by molar-refractivity contribution is 7.10. The SMILES string of the molecule is CC(=O)N(C)CC[C@H](O)c1cccs1. The molecule has 1 atom stereocenters. The summed E-state index contributed by atoms with van der Waals surface area (Å²) < 4.78 is 0. The molecule has 14 heavy (non-hydrogen) atoms. The van der Waals surface area contributed by atoms with Crippen molar-refractivity contribution < 1.29 is 9.90 Å². The number of aliphatic hydroxyl groups excluding tert-OH is 1. The topological polar surface area (TPSA) is 40.5 Å². The van der Waals surface area contributed by atoms with Crippen LogP contribution in [0.1, 0.15) is 24.3 Å². The summed E-state index contributed by atoms with van der Waals surface area (Å²) in [4.78, 5) is 13.5. The van der Waals surface area contributed by atoms with Gasteiger partial charge in [0.05, 0.1) is 6.10 Å². The summed E-state index contributed by atoms with van der Waals surface area (Å²) in [6.07, 6.45) is 0.146. The number of hydrogen-bond acceptors (Lipinski definition) is 3. The predicted molar refractivity (Wildman–Crippen MR) is 57.2 cm³/mol. The normalized spacial score (nSPS) is 12.5. The molecule has 78 valence electrons. The molecule has 0 unspecified atom stereocenters. The Labute approximate surface area is 88.0 Å². The summed E-state index contributed by atoms with van der Waals surface area (Å²) >= 11 is 1.54. The van der Waals surface area contributed by atoms with Crippen molar-refractivity contribution in [2.45, 2.75) is 19.4 Å². The molecule has 3 nitrogen and oxygen atoms in total. The number of carbonyl (C=O) groups excluding carboxylic acids is 1. The van der Waals surface area contributed by atoms with Gasteiger partial charge < -0.3 is 10.0 Å². The molecule has 0 aromatic carbocycles. The van der Waals surface area contributed by atoms with Crippen LogP contribution in [0, 0.1) is 0 Å². The smallest absolute Gasteiger partial charge is 0.219 e. The number of hydrogen-bond donors (Lipinski definition) is 1. The fraction of sp³-hybridized carbons (Fsp3) is 0.500. The van der Waals surface area contributed by atoms with Crippen LogP contribution in [0.15, 0.2) is 17.5 Å². The van der Waals surface area contributed by atoms with Gasteiger partial charge in [-0.25, -0.2) is 0 Å². The molecule has 0 saturated carbocycles. The standard InChI is InChI=1S/C10H15NO2S/c1-8(12)11(2)6-5-9(13)10-4-3-7-14-10/h3-4,7,9,13H,5-6H2,1-2H3/t9-/m0/s1. The summed E-state index contributed by atoms with van der Waals surface area (Å²) in [7, 11) is 1.74. The number of nitrogens with zero attached hydrogens (tertiary/aromatic N) is 1. The zero-order chi connectivity index (χ0) is 10.6. The molecule has 0 aliphatic heterocycles. The van der Waals surface area contributed by atoms with E-state index in [1.54, 1.807) is 11.9 Å². The predicted octanol–water partition coefficient (Wildman–Crippen LogP) is 1.65. The van der Waals surface area contributed by atoms with E-state index in [1.165, 1.54) is 18.3 Å². The van der Waals surface area contributed by atoms with Crippen molar-refractivity contribution in [1.82, 2.24) is 4.90 Å². The maximum absolute atomic E-state index is 10.9. The third-order valence-corrected chi connectivity index (χ3v) is 3.12. The molecule has 4 heteroatoms. The van der Waals surface area contributed by atoms with Crippen molar-refractivity contribution in [3.63, 3.8) is 0 Å². The Morgan fingerprint density at radius 2 is 2.43 bits per heavy atom. The maximum Gasteiger partial charge on any atom is 0.219 e. The van der Waals surface area contributed by atoms with Crippen molar-refractivity contribution >= 4 is 17.2 Å². The minimum atomic E-state index is -0.447. The molecule has 0 aliphatic carbocycles. The number of carbonyl (C=O) groups is 1. The van der Waals surface area contributed by atoms with Crippen molar-refractivity contribution in [2.24, 2.45) is 0 Å². The first-order chi connectivity index (χ1) is 6.61. The second-order valence-electron chi connectivity index (χ2n) is 3.26. The largest absolute Gasteiger partial charge is 0.388 e. The fourth-order valence-corrected chi connectivity index (χ4v) is 1.84. The average Bonchev–Trinajstić information content (AvgIpc) is 2.66. The minimum absolute atomic E-state index is 0.0309. The van der Waals surface area contributed by atoms with Crippen LogP contribution in [0.2, 0.25) is 0 Å². The highest BCUT2D eigenvalue weighted by Crippen LogP contribution is 2.21. The molecular formula is C10H15NO2S. The van der Waals surface area contributed by atoms with Crippen LogP contribution < -0.4 is 0 Å². The van der Waals surface area contributed by atoms with E-state index in [0.717, 1.165) is 4.88 Å². The lowest BCUT2D eigenvalue weighted by molar-refractivity contribution is -0.127. The van der Waals surface area contributed by atoms with E-state index in [2.05, 4.69) is 0 Å². The first-order valence-corrected chi connectivity index (χ1v) is 5.42. The lowest BCUT2D eigenvalue weighted by Crippen LogP contribution is -2.25. The lowest BCUT2D eigenvalue weighted by atomic mass is 10.2. The van der Waals surface area contributed by atoms with Crippen LogP contribution in [0.25, 0.3) is 0 Å². The molecule has 0 saturated heterocycles. The summed E-state index contributed by atoms with van der Waals surface area (Å²) in [5.74, 6) is 0.0309. The van der Waals surface area contributed by atoms with Crippen molar-refractivity contribution in [2.75, 3.05) is 13.6 Å². The van der Waals surface area contributed by atoms with Gasteiger partial charge in [-0.1, -0.05) is 6.07 Å². The van der Waals surface area contributed by atoms with Crippen LogP contribution in [-0.2, 0) is 4.79 Å². The molecule has 0 radical (unpaired) electrons. The molecule has 0 aliphatic rings. The Morgan fingerprint density at radius 3 is 2.93 bits per heavy atom. The highest BCUT2D eigenvalue weighted by atomic mass is 32.1. The van der Waals surface area contributed by atoms with E-state index in [1.807, 2.05) is 17.5 Å². The minimum Gasteiger partial charge on any atom is -0.388 e. The van der Waals surface area contributed by atoms with E-state index < -0.39 is 6.10 Å². The van der Waals surface area contributed by atoms with Gasteiger partial charge in [0.1, 0.15) is 0 Å². The second-order valence-corrected chi connectivity index (χ2v) is 4.24. The number of aliphatic hydroxyl groups is 1. The van der Waals surface area contributed by atoms with E-state index in [0.29, 0.717) is 13.0 Å². The van der Waals surface area contributed by atoms with E-state index in [-0.39, 0.29) is 5.91 Å². The summed E-state index contributed by atoms with van der Waals surface area (Å²) in [6, 6.07) is 3.82. The zero-order valence-electron chi connectivity index (χ0n) is 8.43. The van der Waals surface area contributed by atoms with Gasteiger partial charge in [-0.05, 0) is 17.9 Å². The van der Waals surface area contributed by atoms with Crippen LogP contribution in [0.5, 0.6) is 0 Å². The maximum atomic E-state index is 10.9. The molecule has 1 amide bonds. The van der Waals surface area contributed by atoms with Gasteiger partial charge in [0.15, 0.2) is 0 Å². The summed E-state index contributed by atoms with van der Waals surface area (Å²) in [6.45, 7) is 2.12. The fourth-order valence-electron chi connectivity index (χ4n) is 1.10. The second kappa shape index (κ2) is 5.12. The van der Waals surface area contributed by atoms with Crippen LogP contribution in [0.3, 0.4) is 0 Å². The molecule has 0 bridgehead atoms. The Morgan fingerprint density at radius 1 is 1.71 bits per heavy atom. The molecule has 0 fully saturated rings. The van der Waals surface area contributed by atoms with Crippen LogP contribution >= 0.6 is 11.3 Å². The Bertz CT molecular complexity index is 284. The van der Waals surface area contributed by atoms with Gasteiger partial charge in [0, 0.05) is 25.4 Å². The molecule has 1 rings (SSSR count). The third kappa shape index (κ3) is 3.12. The van der Waals surface area contributed by atoms with E-state index in [4.69, 9.17) is 0 Å². The van der Waals surface area contributed by atoms with Gasteiger partial charge in [-0.2, -0.15) is 0 Å². The number of amides is 1. The van der Waals surface area contributed by atoms with Crippen LogP contribution in [-0.4, -0.2) is 29.5 Å². The highest BCUT2D eigenvalue weighted by Gasteiger charge is 2.10. The summed E-state index contributed by atoms with van der Waals surface area (Å²) in [5.41, 5.74) is 0. The first kappa shape index (κ1) is 11.2. The Kier molecular flexibility index (Phi) is 4.10. The average molecular weight is 213 g/mol. The van der Waals surface area contributed by atoms with Crippen molar-refractivity contribution in [1.29, 1.82) is 0 Å². The van der Waals surface area contributed by atoms with E-state index in [9.17, 15) is 9.90 Å². The Hall–Kier alpha value is -0.870.